The number of hydrogen-bond donors (Lipinski definition) is 1. The molecule has 0 unspecified atom stereocenters. The van der Waals surface area contributed by atoms with E-state index in [-0.39, 0.29) is 5.92 Å². The first-order valence-corrected chi connectivity index (χ1v) is 13.1. The van der Waals surface area contributed by atoms with E-state index in [1.54, 1.807) is 0 Å². The van der Waals surface area contributed by atoms with Crippen molar-refractivity contribution >= 4 is 16.0 Å². The maximum atomic E-state index is 12.8. The van der Waals surface area contributed by atoms with E-state index < -0.39 is 20.7 Å². The zero-order valence-electron chi connectivity index (χ0n) is 20.7. The maximum Gasteiger partial charge on any atom is 0.325 e. The van der Waals surface area contributed by atoms with Crippen LogP contribution in [0.5, 0.6) is 5.75 Å². The highest BCUT2D eigenvalue weighted by atomic mass is 32.2. The SMILES string of the molecule is Cc1cc(C2CCN(S(=O)(=O)C(C)(C)C(=O)O)CC2)ccc1-c1cccc(OCCN(C)C)c1. The highest BCUT2D eigenvalue weighted by molar-refractivity contribution is 7.91. The van der Waals surface area contributed by atoms with E-state index >= 15 is 0 Å². The summed E-state index contributed by atoms with van der Waals surface area (Å²) >= 11 is 0. The van der Waals surface area contributed by atoms with E-state index in [0.29, 0.717) is 32.5 Å². The lowest BCUT2D eigenvalue weighted by atomic mass is 9.87. The van der Waals surface area contributed by atoms with Gasteiger partial charge in [-0.25, -0.2) is 12.7 Å². The van der Waals surface area contributed by atoms with Crippen molar-refractivity contribution in [2.24, 2.45) is 0 Å². The van der Waals surface area contributed by atoms with E-state index in [9.17, 15) is 18.3 Å². The lowest BCUT2D eigenvalue weighted by molar-refractivity contribution is -0.139. The molecule has 8 heteroatoms. The average Bonchev–Trinajstić information content (AvgIpc) is 2.79. The summed E-state index contributed by atoms with van der Waals surface area (Å²) in [5, 5.41) is 9.35. The Bertz CT molecular complexity index is 1120. The van der Waals surface area contributed by atoms with Crippen molar-refractivity contribution in [3.05, 3.63) is 53.6 Å². The van der Waals surface area contributed by atoms with Gasteiger partial charge in [0.15, 0.2) is 4.75 Å². The molecule has 0 aliphatic carbocycles. The van der Waals surface area contributed by atoms with Crippen molar-refractivity contribution in [2.75, 3.05) is 40.3 Å². The summed E-state index contributed by atoms with van der Waals surface area (Å²) in [6, 6.07) is 14.5. The number of carbonyl (C=O) groups is 1. The summed E-state index contributed by atoms with van der Waals surface area (Å²) in [6.07, 6.45) is 1.34. The molecule has 0 atom stereocenters. The third-order valence-corrected chi connectivity index (χ3v) is 9.14. The van der Waals surface area contributed by atoms with Gasteiger partial charge in [-0.05, 0) is 88.0 Å². The average molecular weight is 489 g/mol. The van der Waals surface area contributed by atoms with Crippen LogP contribution in [0, 0.1) is 6.92 Å². The molecular weight excluding hydrogens is 452 g/mol. The normalized spacial score (nSPS) is 16.1. The third kappa shape index (κ3) is 5.62. The Balaban J connectivity index is 1.69. The Morgan fingerprint density at radius 1 is 1.15 bits per heavy atom. The van der Waals surface area contributed by atoms with Gasteiger partial charge in [0.05, 0.1) is 0 Å². The molecule has 3 rings (SSSR count). The largest absolute Gasteiger partial charge is 0.492 e. The predicted molar refractivity (Wildman–Crippen MR) is 135 cm³/mol. The second-order valence-electron chi connectivity index (χ2n) is 9.75. The molecule has 1 aliphatic rings. The fourth-order valence-electron chi connectivity index (χ4n) is 4.23. The van der Waals surface area contributed by atoms with Crippen LogP contribution < -0.4 is 4.74 Å². The van der Waals surface area contributed by atoms with Crippen LogP contribution in [0.25, 0.3) is 11.1 Å². The number of carboxylic acid groups (broad SMARTS) is 1. The van der Waals surface area contributed by atoms with Crippen molar-refractivity contribution in [1.82, 2.24) is 9.21 Å². The number of likely N-dealkylation sites (N-methyl/N-ethyl adjacent to an activating group) is 1. The number of benzene rings is 2. The molecule has 1 saturated heterocycles. The number of piperidine rings is 1. The minimum Gasteiger partial charge on any atom is -0.492 e. The van der Waals surface area contributed by atoms with Gasteiger partial charge < -0.3 is 14.7 Å². The molecule has 0 saturated carbocycles. The number of carboxylic acids is 1. The van der Waals surface area contributed by atoms with Crippen molar-refractivity contribution in [1.29, 1.82) is 0 Å². The first-order valence-electron chi connectivity index (χ1n) is 11.6. The molecule has 2 aromatic carbocycles. The van der Waals surface area contributed by atoms with E-state index in [4.69, 9.17) is 4.74 Å². The summed E-state index contributed by atoms with van der Waals surface area (Å²) in [4.78, 5) is 13.5. The number of aliphatic carboxylic acids is 1. The Kier molecular flexibility index (Phi) is 8.06. The number of hydrogen-bond acceptors (Lipinski definition) is 5. The monoisotopic (exact) mass is 488 g/mol. The lowest BCUT2D eigenvalue weighted by Crippen LogP contribution is -2.51. The van der Waals surface area contributed by atoms with Crippen LogP contribution in [-0.2, 0) is 14.8 Å². The van der Waals surface area contributed by atoms with Crippen LogP contribution in [0.1, 0.15) is 43.7 Å². The summed E-state index contributed by atoms with van der Waals surface area (Å²) in [7, 11) is 0.122. The molecular formula is C26H36N2O5S. The van der Waals surface area contributed by atoms with Crippen LogP contribution in [0.3, 0.4) is 0 Å². The van der Waals surface area contributed by atoms with Crippen molar-refractivity contribution in [2.45, 2.75) is 44.3 Å². The number of nitrogens with zero attached hydrogens (tertiary/aromatic N) is 2. The van der Waals surface area contributed by atoms with Crippen molar-refractivity contribution in [3.8, 4) is 16.9 Å². The molecule has 7 nitrogen and oxygen atoms in total. The second-order valence-corrected chi connectivity index (χ2v) is 12.2. The molecule has 0 amide bonds. The van der Waals surface area contributed by atoms with E-state index in [2.05, 4.69) is 42.2 Å². The minimum absolute atomic E-state index is 0.243. The zero-order chi connectivity index (χ0) is 25.1. The highest BCUT2D eigenvalue weighted by Crippen LogP contribution is 2.35. The quantitative estimate of drug-likeness (QED) is 0.575. The van der Waals surface area contributed by atoms with Gasteiger partial charge in [-0.3, -0.25) is 4.79 Å². The standard InChI is InChI=1S/C26H36N2O5S/c1-19-17-21(20-11-13-28(14-12-20)34(31,32)26(2,3)25(29)30)9-10-24(19)22-7-6-8-23(18-22)33-16-15-27(4)5/h6-10,17-18,20H,11-16H2,1-5H3,(H,29,30). The Morgan fingerprint density at radius 3 is 2.41 bits per heavy atom. The summed E-state index contributed by atoms with van der Waals surface area (Å²) < 4.78 is 31.0. The molecule has 1 fully saturated rings. The molecule has 1 aliphatic heterocycles. The molecule has 2 aromatic rings. The molecule has 186 valence electrons. The fourth-order valence-corrected chi connectivity index (χ4v) is 5.78. The number of sulfonamides is 1. The van der Waals surface area contributed by atoms with Crippen LogP contribution in [0.2, 0.25) is 0 Å². The molecule has 1 heterocycles. The van der Waals surface area contributed by atoms with Gasteiger partial charge in [-0.2, -0.15) is 0 Å². The summed E-state index contributed by atoms with van der Waals surface area (Å²) in [6.45, 7) is 6.74. The van der Waals surface area contributed by atoms with E-state index in [1.165, 1.54) is 23.7 Å². The second kappa shape index (κ2) is 10.5. The Labute approximate surface area is 203 Å². The minimum atomic E-state index is -3.91. The molecule has 0 spiro atoms. The van der Waals surface area contributed by atoms with Gasteiger partial charge in [-0.1, -0.05) is 30.3 Å². The van der Waals surface area contributed by atoms with Gasteiger partial charge in [-0.15, -0.1) is 0 Å². The topological polar surface area (TPSA) is 87.2 Å². The van der Waals surface area contributed by atoms with Crippen molar-refractivity contribution < 1.29 is 23.1 Å². The van der Waals surface area contributed by atoms with Crippen LogP contribution >= 0.6 is 0 Å². The van der Waals surface area contributed by atoms with E-state index in [1.807, 2.05) is 26.2 Å². The highest BCUT2D eigenvalue weighted by Gasteiger charge is 2.46. The third-order valence-electron chi connectivity index (χ3n) is 6.63. The van der Waals surface area contributed by atoms with Gasteiger partial charge >= 0.3 is 5.97 Å². The molecule has 0 bridgehead atoms. The van der Waals surface area contributed by atoms with Gasteiger partial charge in [0.25, 0.3) is 0 Å². The summed E-state index contributed by atoms with van der Waals surface area (Å²) in [5.41, 5.74) is 4.59. The van der Waals surface area contributed by atoms with Crippen LogP contribution in [-0.4, -0.2) is 73.8 Å². The predicted octanol–water partition coefficient (Wildman–Crippen LogP) is 3.97. The first kappa shape index (κ1) is 26.2. The Morgan fingerprint density at radius 2 is 1.82 bits per heavy atom. The first-order chi connectivity index (χ1) is 15.9. The lowest BCUT2D eigenvalue weighted by Gasteiger charge is -2.35. The Hall–Kier alpha value is -2.42. The van der Waals surface area contributed by atoms with Crippen LogP contribution in [0.4, 0.5) is 0 Å². The molecule has 34 heavy (non-hydrogen) atoms. The van der Waals surface area contributed by atoms with Gasteiger partial charge in [0.2, 0.25) is 10.0 Å². The number of aryl methyl sites for hydroxylation is 1. The van der Waals surface area contributed by atoms with E-state index in [0.717, 1.165) is 29.0 Å². The molecule has 0 radical (unpaired) electrons. The fraction of sp³-hybridized carbons (Fsp3) is 0.500. The maximum absolute atomic E-state index is 12.8. The zero-order valence-corrected chi connectivity index (χ0v) is 21.6. The van der Waals surface area contributed by atoms with Gasteiger partial charge in [0, 0.05) is 19.6 Å². The number of rotatable bonds is 9. The molecule has 0 aromatic heterocycles. The molecule has 1 N–H and O–H groups in total. The smallest absolute Gasteiger partial charge is 0.325 e. The van der Waals surface area contributed by atoms with Crippen LogP contribution in [0.15, 0.2) is 42.5 Å². The van der Waals surface area contributed by atoms with Crippen molar-refractivity contribution in [3.63, 3.8) is 0 Å². The number of ether oxygens (including phenoxy) is 1. The summed E-state index contributed by atoms with van der Waals surface area (Å²) in [5.74, 6) is -0.235. The van der Waals surface area contributed by atoms with Gasteiger partial charge in [0.1, 0.15) is 12.4 Å².